The van der Waals surface area contributed by atoms with E-state index in [1.165, 1.54) is 12.8 Å². The fourth-order valence-electron chi connectivity index (χ4n) is 0.769. The highest BCUT2D eigenvalue weighted by Gasteiger charge is 1.93. The molecule has 0 aliphatic carbocycles. The Morgan fingerprint density at radius 3 is 2.67 bits per heavy atom. The summed E-state index contributed by atoms with van der Waals surface area (Å²) in [4.78, 5) is 0. The van der Waals surface area contributed by atoms with Crippen LogP contribution < -0.4 is 0 Å². The second-order valence-corrected chi connectivity index (χ2v) is 2.29. The molecular formula is C9H15. The zero-order valence-electron chi connectivity index (χ0n) is 6.41. The third-order valence-electron chi connectivity index (χ3n) is 1.28. The SMILES string of the molecule is [CH2]CCCC(C)C#CC. The molecule has 0 aliphatic heterocycles. The lowest BCUT2D eigenvalue weighted by molar-refractivity contribution is 0.628. The van der Waals surface area contributed by atoms with Crippen molar-refractivity contribution in [3.8, 4) is 11.8 Å². The van der Waals surface area contributed by atoms with E-state index in [4.69, 9.17) is 0 Å². The molecule has 0 aliphatic rings. The third kappa shape index (κ3) is 5.43. The minimum atomic E-state index is 0.566. The van der Waals surface area contributed by atoms with E-state index in [0.717, 1.165) is 6.42 Å². The van der Waals surface area contributed by atoms with E-state index < -0.39 is 0 Å². The molecule has 0 amide bonds. The van der Waals surface area contributed by atoms with Gasteiger partial charge in [-0.1, -0.05) is 26.7 Å². The molecule has 0 rings (SSSR count). The van der Waals surface area contributed by atoms with Gasteiger partial charge in [0.1, 0.15) is 0 Å². The van der Waals surface area contributed by atoms with E-state index in [0.29, 0.717) is 5.92 Å². The molecule has 0 spiro atoms. The van der Waals surface area contributed by atoms with E-state index in [9.17, 15) is 0 Å². The summed E-state index contributed by atoms with van der Waals surface area (Å²) in [7, 11) is 0. The van der Waals surface area contributed by atoms with Crippen molar-refractivity contribution in [2.45, 2.75) is 33.1 Å². The van der Waals surface area contributed by atoms with Gasteiger partial charge in [-0.2, -0.15) is 0 Å². The average Bonchev–Trinajstić information content (AvgIpc) is 1.85. The Bertz CT molecular complexity index is 103. The summed E-state index contributed by atoms with van der Waals surface area (Å²) < 4.78 is 0. The fraction of sp³-hybridized carbons (Fsp3) is 0.667. The summed E-state index contributed by atoms with van der Waals surface area (Å²) in [5.74, 6) is 6.57. The Morgan fingerprint density at radius 1 is 1.56 bits per heavy atom. The van der Waals surface area contributed by atoms with E-state index in [2.05, 4.69) is 25.7 Å². The largest absolute Gasteiger partial charge is 0.106 e. The van der Waals surface area contributed by atoms with Crippen LogP contribution in [0.1, 0.15) is 33.1 Å². The van der Waals surface area contributed by atoms with Gasteiger partial charge in [-0.3, -0.25) is 0 Å². The molecule has 0 heteroatoms. The molecule has 1 radical (unpaired) electrons. The van der Waals surface area contributed by atoms with Crippen LogP contribution in [0.25, 0.3) is 0 Å². The predicted octanol–water partition coefficient (Wildman–Crippen LogP) is 2.65. The molecule has 0 aromatic carbocycles. The van der Waals surface area contributed by atoms with Gasteiger partial charge in [0.2, 0.25) is 0 Å². The molecule has 0 nitrogen and oxygen atoms in total. The van der Waals surface area contributed by atoms with Gasteiger partial charge >= 0.3 is 0 Å². The van der Waals surface area contributed by atoms with Crippen LogP contribution in [-0.2, 0) is 0 Å². The van der Waals surface area contributed by atoms with Gasteiger partial charge in [0.15, 0.2) is 0 Å². The van der Waals surface area contributed by atoms with Crippen LogP contribution in [0.5, 0.6) is 0 Å². The zero-order chi connectivity index (χ0) is 7.11. The van der Waals surface area contributed by atoms with Gasteiger partial charge in [-0.15, -0.1) is 11.8 Å². The quantitative estimate of drug-likeness (QED) is 0.506. The first kappa shape index (κ1) is 8.56. The van der Waals surface area contributed by atoms with Crippen molar-refractivity contribution in [1.29, 1.82) is 0 Å². The number of hydrogen-bond acceptors (Lipinski definition) is 0. The summed E-state index contributed by atoms with van der Waals surface area (Å²) in [5.41, 5.74) is 0. The summed E-state index contributed by atoms with van der Waals surface area (Å²) in [6, 6.07) is 0. The molecule has 1 unspecified atom stereocenters. The van der Waals surface area contributed by atoms with Crippen LogP contribution in [0.2, 0.25) is 0 Å². The molecule has 0 fully saturated rings. The minimum Gasteiger partial charge on any atom is -0.106 e. The average molecular weight is 123 g/mol. The maximum absolute atomic E-state index is 3.77. The van der Waals surface area contributed by atoms with E-state index >= 15 is 0 Å². The van der Waals surface area contributed by atoms with Crippen molar-refractivity contribution in [1.82, 2.24) is 0 Å². The van der Waals surface area contributed by atoms with E-state index in [1.807, 2.05) is 6.92 Å². The zero-order valence-corrected chi connectivity index (χ0v) is 6.41. The lowest BCUT2D eigenvalue weighted by atomic mass is 10.1. The van der Waals surface area contributed by atoms with Crippen LogP contribution in [-0.4, -0.2) is 0 Å². The number of unbranched alkanes of at least 4 members (excludes halogenated alkanes) is 1. The predicted molar refractivity (Wildman–Crippen MR) is 41.8 cm³/mol. The molecule has 0 heterocycles. The summed E-state index contributed by atoms with van der Waals surface area (Å²) in [6.07, 6.45) is 3.44. The minimum absolute atomic E-state index is 0.566. The monoisotopic (exact) mass is 123 g/mol. The molecule has 9 heavy (non-hydrogen) atoms. The highest BCUT2D eigenvalue weighted by Crippen LogP contribution is 2.04. The van der Waals surface area contributed by atoms with Gasteiger partial charge in [0, 0.05) is 5.92 Å². The molecular weight excluding hydrogens is 108 g/mol. The van der Waals surface area contributed by atoms with Crippen LogP contribution >= 0.6 is 0 Å². The van der Waals surface area contributed by atoms with Crippen LogP contribution in [0.4, 0.5) is 0 Å². The summed E-state index contributed by atoms with van der Waals surface area (Å²) >= 11 is 0. The van der Waals surface area contributed by atoms with Crippen LogP contribution in [0.15, 0.2) is 0 Å². The van der Waals surface area contributed by atoms with Crippen molar-refractivity contribution < 1.29 is 0 Å². The van der Waals surface area contributed by atoms with Crippen molar-refractivity contribution in [3.63, 3.8) is 0 Å². The van der Waals surface area contributed by atoms with Crippen molar-refractivity contribution in [2.24, 2.45) is 5.92 Å². The first-order chi connectivity index (χ1) is 4.31. The summed E-state index contributed by atoms with van der Waals surface area (Å²) in [5, 5.41) is 0. The maximum Gasteiger partial charge on any atom is 0.0174 e. The lowest BCUT2D eigenvalue weighted by Gasteiger charge is -1.99. The van der Waals surface area contributed by atoms with E-state index in [1.54, 1.807) is 0 Å². The second-order valence-electron chi connectivity index (χ2n) is 2.29. The highest BCUT2D eigenvalue weighted by molar-refractivity contribution is 4.98. The molecule has 0 bridgehead atoms. The Kier molecular flexibility index (Phi) is 5.41. The van der Waals surface area contributed by atoms with Gasteiger partial charge < -0.3 is 0 Å². The Labute approximate surface area is 58.7 Å². The first-order valence-electron chi connectivity index (χ1n) is 3.52. The number of hydrogen-bond donors (Lipinski definition) is 0. The van der Waals surface area contributed by atoms with Crippen molar-refractivity contribution in [2.75, 3.05) is 0 Å². The molecule has 0 aromatic rings. The van der Waals surface area contributed by atoms with Crippen LogP contribution in [0.3, 0.4) is 0 Å². The standard InChI is InChI=1S/C9H15/c1-4-6-8-9(3)7-5-2/h9H,1,4,6,8H2,2-3H3. The smallest absolute Gasteiger partial charge is 0.0174 e. The van der Waals surface area contributed by atoms with Crippen LogP contribution in [0, 0.1) is 24.7 Å². The van der Waals surface area contributed by atoms with Gasteiger partial charge in [0.25, 0.3) is 0 Å². The Balaban J connectivity index is 3.23. The normalized spacial score (nSPS) is 11.9. The molecule has 0 aromatic heterocycles. The van der Waals surface area contributed by atoms with Gasteiger partial charge in [-0.05, 0) is 13.3 Å². The number of rotatable bonds is 3. The Hall–Kier alpha value is -0.440. The van der Waals surface area contributed by atoms with E-state index in [-0.39, 0.29) is 0 Å². The van der Waals surface area contributed by atoms with Gasteiger partial charge in [0.05, 0.1) is 0 Å². The van der Waals surface area contributed by atoms with Gasteiger partial charge in [-0.25, -0.2) is 0 Å². The first-order valence-corrected chi connectivity index (χ1v) is 3.52. The fourth-order valence-corrected chi connectivity index (χ4v) is 0.769. The second kappa shape index (κ2) is 5.69. The highest BCUT2D eigenvalue weighted by atomic mass is 14.0. The van der Waals surface area contributed by atoms with Crippen molar-refractivity contribution >= 4 is 0 Å². The summed E-state index contributed by atoms with van der Waals surface area (Å²) in [6.45, 7) is 7.82. The molecule has 0 saturated carbocycles. The molecule has 0 saturated heterocycles. The third-order valence-corrected chi connectivity index (χ3v) is 1.28. The molecule has 51 valence electrons. The Morgan fingerprint density at radius 2 is 2.22 bits per heavy atom. The molecule has 1 atom stereocenters. The maximum atomic E-state index is 3.77. The molecule has 0 N–H and O–H groups in total. The van der Waals surface area contributed by atoms with Crippen molar-refractivity contribution in [3.05, 3.63) is 6.92 Å². The topological polar surface area (TPSA) is 0 Å². The lowest BCUT2D eigenvalue weighted by Crippen LogP contribution is -1.88.